The van der Waals surface area contributed by atoms with Gasteiger partial charge in [-0.25, -0.2) is 4.98 Å². The number of hydrogen-bond acceptors (Lipinski definition) is 5. The zero-order valence-electron chi connectivity index (χ0n) is 12.6. The lowest BCUT2D eigenvalue weighted by molar-refractivity contribution is -0.115. The fraction of sp³-hybridized carbons (Fsp3) is 0.0556. The quantitative estimate of drug-likeness (QED) is 0.721. The lowest BCUT2D eigenvalue weighted by Crippen LogP contribution is -2.13. The second-order valence-electron chi connectivity index (χ2n) is 4.95. The maximum atomic E-state index is 11.1. The molecule has 3 rings (SSSR count). The van der Waals surface area contributed by atoms with Crippen LogP contribution in [0.1, 0.15) is 5.56 Å². The molecule has 1 aromatic carbocycles. The molecule has 0 saturated heterocycles. The van der Waals surface area contributed by atoms with Gasteiger partial charge in [0, 0.05) is 11.1 Å². The van der Waals surface area contributed by atoms with Crippen molar-refractivity contribution in [3.8, 4) is 28.7 Å². The van der Waals surface area contributed by atoms with Crippen molar-refractivity contribution in [2.75, 3.05) is 5.75 Å². The Morgan fingerprint density at radius 1 is 1.25 bits per heavy atom. The predicted octanol–water partition coefficient (Wildman–Crippen LogP) is 3.46. The van der Waals surface area contributed by atoms with Crippen molar-refractivity contribution in [3.05, 3.63) is 60.4 Å². The summed E-state index contributed by atoms with van der Waals surface area (Å²) >= 11 is 1.15. The number of aromatic nitrogens is 1. The van der Waals surface area contributed by atoms with Gasteiger partial charge in [-0.3, -0.25) is 4.79 Å². The van der Waals surface area contributed by atoms with Crippen molar-refractivity contribution in [2.45, 2.75) is 5.03 Å². The first-order valence-electron chi connectivity index (χ1n) is 7.14. The molecule has 24 heavy (non-hydrogen) atoms. The van der Waals surface area contributed by atoms with E-state index in [9.17, 15) is 10.1 Å². The molecule has 2 aromatic heterocycles. The summed E-state index contributed by atoms with van der Waals surface area (Å²) in [4.78, 5) is 15.7. The number of carbonyl (C=O) groups is 1. The van der Waals surface area contributed by atoms with Crippen LogP contribution in [0.2, 0.25) is 0 Å². The highest BCUT2D eigenvalue weighted by Crippen LogP contribution is 2.34. The SMILES string of the molecule is N#Cc1c(-c2ccco2)cc(-c2ccccc2)nc1SCC(N)=O. The van der Waals surface area contributed by atoms with Gasteiger partial charge in [-0.05, 0) is 18.2 Å². The first kappa shape index (κ1) is 15.8. The maximum Gasteiger partial charge on any atom is 0.227 e. The van der Waals surface area contributed by atoms with Gasteiger partial charge in [0.1, 0.15) is 16.9 Å². The molecule has 0 atom stereocenters. The molecule has 2 N–H and O–H groups in total. The molecule has 3 aromatic rings. The Morgan fingerprint density at radius 2 is 2.04 bits per heavy atom. The van der Waals surface area contributed by atoms with Gasteiger partial charge in [0.15, 0.2) is 0 Å². The molecule has 0 fully saturated rings. The molecule has 5 nitrogen and oxygen atoms in total. The topological polar surface area (TPSA) is 92.9 Å². The lowest BCUT2D eigenvalue weighted by atomic mass is 10.0. The second kappa shape index (κ2) is 7.02. The molecule has 0 aliphatic rings. The van der Waals surface area contributed by atoms with Crippen LogP contribution in [0.3, 0.4) is 0 Å². The van der Waals surface area contributed by atoms with Gasteiger partial charge in [-0.2, -0.15) is 5.26 Å². The summed E-state index contributed by atoms with van der Waals surface area (Å²) < 4.78 is 5.45. The van der Waals surface area contributed by atoms with Crippen LogP contribution in [0.25, 0.3) is 22.6 Å². The Bertz CT molecular complexity index is 900. The van der Waals surface area contributed by atoms with Crippen molar-refractivity contribution in [2.24, 2.45) is 5.73 Å². The van der Waals surface area contributed by atoms with E-state index in [1.165, 1.54) is 0 Å². The number of benzene rings is 1. The monoisotopic (exact) mass is 335 g/mol. The third kappa shape index (κ3) is 3.31. The number of hydrogen-bond donors (Lipinski definition) is 1. The third-order valence-electron chi connectivity index (χ3n) is 3.31. The van der Waals surface area contributed by atoms with E-state index in [0.717, 1.165) is 17.3 Å². The van der Waals surface area contributed by atoms with Gasteiger partial charge in [0.25, 0.3) is 0 Å². The highest BCUT2D eigenvalue weighted by atomic mass is 32.2. The van der Waals surface area contributed by atoms with Crippen LogP contribution >= 0.6 is 11.8 Å². The number of nitriles is 1. The highest BCUT2D eigenvalue weighted by Gasteiger charge is 2.17. The Balaban J connectivity index is 2.18. The molecular weight excluding hydrogens is 322 g/mol. The maximum absolute atomic E-state index is 11.1. The Hall–Kier alpha value is -3.04. The number of nitrogens with two attached hydrogens (primary N) is 1. The summed E-state index contributed by atoms with van der Waals surface area (Å²) in [6, 6.07) is 17.1. The molecule has 0 aliphatic carbocycles. The molecule has 0 saturated carbocycles. The fourth-order valence-corrected chi connectivity index (χ4v) is 3.00. The standard InChI is InChI=1S/C18H13N3O2S/c19-10-14-13(16-7-4-8-23-16)9-15(12-5-2-1-3-6-12)21-18(14)24-11-17(20)22/h1-9H,11H2,(H2,20,22). The van der Waals surface area contributed by atoms with Gasteiger partial charge in [0.05, 0.1) is 23.3 Å². The number of thioether (sulfide) groups is 1. The van der Waals surface area contributed by atoms with Gasteiger partial charge in [0.2, 0.25) is 5.91 Å². The van der Waals surface area contributed by atoms with Crippen LogP contribution in [-0.2, 0) is 4.79 Å². The van der Waals surface area contributed by atoms with Crippen molar-refractivity contribution in [1.82, 2.24) is 4.98 Å². The van der Waals surface area contributed by atoms with Crippen molar-refractivity contribution in [1.29, 1.82) is 5.26 Å². The third-order valence-corrected chi connectivity index (χ3v) is 4.30. The van der Waals surface area contributed by atoms with Crippen LogP contribution in [0, 0.1) is 11.3 Å². The first-order chi connectivity index (χ1) is 11.7. The molecular formula is C18H13N3O2S. The predicted molar refractivity (Wildman–Crippen MR) is 92.0 cm³/mol. The van der Waals surface area contributed by atoms with E-state index in [4.69, 9.17) is 10.2 Å². The Labute approximate surface area is 143 Å². The molecule has 6 heteroatoms. The van der Waals surface area contributed by atoms with Crippen LogP contribution in [0.5, 0.6) is 0 Å². The van der Waals surface area contributed by atoms with E-state index in [1.54, 1.807) is 18.4 Å². The van der Waals surface area contributed by atoms with Crippen molar-refractivity contribution < 1.29 is 9.21 Å². The smallest absolute Gasteiger partial charge is 0.227 e. The number of rotatable bonds is 5. The molecule has 0 unspecified atom stereocenters. The number of pyridine rings is 1. The number of furan rings is 1. The molecule has 0 radical (unpaired) electrons. The number of amides is 1. The van der Waals surface area contributed by atoms with Gasteiger partial charge in [-0.15, -0.1) is 0 Å². The van der Waals surface area contributed by atoms with Gasteiger partial charge in [-0.1, -0.05) is 42.1 Å². The summed E-state index contributed by atoms with van der Waals surface area (Å²) in [5.41, 5.74) is 7.85. The average Bonchev–Trinajstić information content (AvgIpc) is 3.14. The molecule has 1 amide bonds. The van der Waals surface area contributed by atoms with Crippen molar-refractivity contribution in [3.63, 3.8) is 0 Å². The van der Waals surface area contributed by atoms with E-state index >= 15 is 0 Å². The minimum absolute atomic E-state index is 0.0531. The van der Waals surface area contributed by atoms with E-state index in [0.29, 0.717) is 27.6 Å². The normalized spacial score (nSPS) is 10.3. The zero-order valence-corrected chi connectivity index (χ0v) is 13.4. The van der Waals surface area contributed by atoms with E-state index < -0.39 is 5.91 Å². The van der Waals surface area contributed by atoms with Gasteiger partial charge >= 0.3 is 0 Å². The largest absolute Gasteiger partial charge is 0.464 e. The van der Waals surface area contributed by atoms with Crippen molar-refractivity contribution >= 4 is 17.7 Å². The minimum atomic E-state index is -0.463. The lowest BCUT2D eigenvalue weighted by Gasteiger charge is -2.10. The summed E-state index contributed by atoms with van der Waals surface area (Å²) in [6.45, 7) is 0. The van der Waals surface area contributed by atoms with E-state index in [1.807, 2.05) is 36.4 Å². The Morgan fingerprint density at radius 3 is 2.67 bits per heavy atom. The number of carbonyl (C=O) groups excluding carboxylic acids is 1. The van der Waals surface area contributed by atoms with Crippen LogP contribution < -0.4 is 5.73 Å². The van der Waals surface area contributed by atoms with E-state index in [-0.39, 0.29) is 5.75 Å². The highest BCUT2D eigenvalue weighted by molar-refractivity contribution is 8.00. The first-order valence-corrected chi connectivity index (χ1v) is 8.13. The van der Waals surface area contributed by atoms with Gasteiger partial charge < -0.3 is 10.2 Å². The van der Waals surface area contributed by atoms with E-state index in [2.05, 4.69) is 11.1 Å². The Kier molecular flexibility index (Phi) is 4.64. The second-order valence-corrected chi connectivity index (χ2v) is 5.91. The average molecular weight is 335 g/mol. The van der Waals surface area contributed by atoms with Crippen LogP contribution in [-0.4, -0.2) is 16.6 Å². The zero-order chi connectivity index (χ0) is 16.9. The summed E-state index contributed by atoms with van der Waals surface area (Å²) in [7, 11) is 0. The minimum Gasteiger partial charge on any atom is -0.464 e. The molecule has 2 heterocycles. The number of nitrogens with zero attached hydrogens (tertiary/aromatic N) is 2. The number of primary amides is 1. The molecule has 0 aliphatic heterocycles. The molecule has 0 bridgehead atoms. The fourth-order valence-electron chi connectivity index (χ4n) is 2.26. The summed E-state index contributed by atoms with van der Waals surface area (Å²) in [5.74, 6) is 0.166. The van der Waals surface area contributed by atoms with Crippen LogP contribution in [0.15, 0.2) is 64.2 Å². The summed E-state index contributed by atoms with van der Waals surface area (Å²) in [6.07, 6.45) is 1.55. The van der Waals surface area contributed by atoms with Crippen LogP contribution in [0.4, 0.5) is 0 Å². The molecule has 118 valence electrons. The summed E-state index contributed by atoms with van der Waals surface area (Å²) in [5, 5.41) is 10.0. The molecule has 0 spiro atoms.